The van der Waals surface area contributed by atoms with Crippen LogP contribution in [0, 0.1) is 0 Å². The molecule has 1 aliphatic heterocycles. The Kier molecular flexibility index (Phi) is 4.14. The molecule has 9 heteroatoms. The van der Waals surface area contributed by atoms with Crippen molar-refractivity contribution >= 4 is 55.9 Å². The number of thiazole rings is 1. The van der Waals surface area contributed by atoms with Crippen molar-refractivity contribution < 1.29 is 14.3 Å². The lowest BCUT2D eigenvalue weighted by Crippen LogP contribution is -2.15. The van der Waals surface area contributed by atoms with Crippen molar-refractivity contribution in [3.63, 3.8) is 0 Å². The number of rotatable bonds is 3. The number of ether oxygens (including phenoxy) is 2. The molecule has 140 valence electrons. The number of halogens is 1. The first-order valence-corrected chi connectivity index (χ1v) is 9.69. The Morgan fingerprint density at radius 1 is 1.21 bits per heavy atom. The minimum Gasteiger partial charge on any atom is -0.486 e. The zero-order valence-electron chi connectivity index (χ0n) is 14.4. The van der Waals surface area contributed by atoms with Crippen molar-refractivity contribution in [3.8, 4) is 11.5 Å². The third-order valence-electron chi connectivity index (χ3n) is 4.20. The Labute approximate surface area is 168 Å². The zero-order chi connectivity index (χ0) is 19.1. The number of nitrogens with one attached hydrogen (secondary N) is 1. The van der Waals surface area contributed by atoms with Crippen LogP contribution < -0.4 is 14.8 Å². The van der Waals surface area contributed by atoms with Gasteiger partial charge >= 0.3 is 0 Å². The molecule has 0 radical (unpaired) electrons. The average molecular weight is 413 g/mol. The highest BCUT2D eigenvalue weighted by atomic mass is 35.5. The molecule has 4 heterocycles. The summed E-state index contributed by atoms with van der Waals surface area (Å²) >= 11 is 7.55. The summed E-state index contributed by atoms with van der Waals surface area (Å²) in [5.41, 5.74) is 2.10. The van der Waals surface area contributed by atoms with E-state index in [0.717, 1.165) is 10.2 Å². The Morgan fingerprint density at radius 3 is 2.89 bits per heavy atom. The number of nitrogens with zero attached hydrogens (tertiary/aromatic N) is 3. The normalized spacial score (nSPS) is 13.5. The Morgan fingerprint density at radius 2 is 2.04 bits per heavy atom. The summed E-state index contributed by atoms with van der Waals surface area (Å²) < 4.78 is 13.9. The van der Waals surface area contributed by atoms with Crippen LogP contribution in [0.2, 0.25) is 5.15 Å². The minimum absolute atomic E-state index is 0.307. The van der Waals surface area contributed by atoms with E-state index >= 15 is 0 Å². The summed E-state index contributed by atoms with van der Waals surface area (Å²) in [6.45, 7) is 1.04. The molecule has 1 aromatic carbocycles. The van der Waals surface area contributed by atoms with Crippen molar-refractivity contribution in [2.45, 2.75) is 0 Å². The Hall–Kier alpha value is -3.10. The lowest BCUT2D eigenvalue weighted by molar-refractivity contribution is -0.111. The number of pyridine rings is 1. The molecule has 0 saturated heterocycles. The van der Waals surface area contributed by atoms with Crippen LogP contribution in [0.3, 0.4) is 0 Å². The molecule has 0 fully saturated rings. The van der Waals surface area contributed by atoms with Crippen LogP contribution in [-0.4, -0.2) is 33.5 Å². The van der Waals surface area contributed by atoms with Crippen LogP contribution in [0.4, 0.5) is 5.13 Å². The second-order valence-corrected chi connectivity index (χ2v) is 7.41. The molecule has 7 nitrogen and oxygen atoms in total. The first kappa shape index (κ1) is 17.0. The molecule has 1 aliphatic rings. The van der Waals surface area contributed by atoms with E-state index in [9.17, 15) is 4.79 Å². The van der Waals surface area contributed by atoms with Gasteiger partial charge in [0.1, 0.15) is 18.9 Å². The van der Waals surface area contributed by atoms with Gasteiger partial charge in [-0.05, 0) is 18.2 Å². The summed E-state index contributed by atoms with van der Waals surface area (Å²) in [7, 11) is 0. The van der Waals surface area contributed by atoms with Gasteiger partial charge in [0, 0.05) is 24.4 Å². The predicted octanol–water partition coefficient (Wildman–Crippen LogP) is 4.02. The quantitative estimate of drug-likeness (QED) is 0.514. The number of carbonyl (C=O) groups is 1. The number of anilines is 1. The Bertz CT molecular complexity index is 1200. The first-order chi connectivity index (χ1) is 13.7. The third-order valence-corrected chi connectivity index (χ3v) is 5.41. The van der Waals surface area contributed by atoms with E-state index in [-0.39, 0.29) is 5.91 Å². The highest BCUT2D eigenvalue weighted by Crippen LogP contribution is 2.37. The maximum atomic E-state index is 12.3. The molecule has 0 saturated carbocycles. The summed E-state index contributed by atoms with van der Waals surface area (Å²) in [5, 5.41) is 3.61. The van der Waals surface area contributed by atoms with E-state index in [4.69, 9.17) is 21.1 Å². The van der Waals surface area contributed by atoms with Crippen molar-refractivity contribution in [1.82, 2.24) is 14.4 Å². The average Bonchev–Trinajstić information content (AvgIpc) is 3.23. The molecule has 0 unspecified atom stereocenters. The van der Waals surface area contributed by atoms with Gasteiger partial charge in [-0.1, -0.05) is 29.0 Å². The van der Waals surface area contributed by atoms with Gasteiger partial charge in [-0.15, -0.1) is 0 Å². The Balaban J connectivity index is 1.37. The lowest BCUT2D eigenvalue weighted by atomic mass is 10.3. The summed E-state index contributed by atoms with van der Waals surface area (Å²) in [6, 6.07) is 9.29. The number of benzene rings is 1. The summed E-state index contributed by atoms with van der Waals surface area (Å²) in [6.07, 6.45) is 4.88. The smallest absolute Gasteiger partial charge is 0.250 e. The minimum atomic E-state index is -0.307. The standard InChI is InChI=1S/C19H13ClN4O3S/c20-18-12(24-6-2-1-3-16(24)22-18)4-5-17(25)23-19-21-11-9-13-14(10-15(11)28-19)27-8-7-26-13/h1-6,9-10H,7-8H2,(H,21,23,25)/b5-4+. The second kappa shape index (κ2) is 6.81. The number of carbonyl (C=O) groups excluding carboxylic acids is 1. The fourth-order valence-corrected chi connectivity index (χ4v) is 4.07. The van der Waals surface area contributed by atoms with E-state index in [0.29, 0.717) is 46.3 Å². The SMILES string of the molecule is O=C(/C=C/c1c(Cl)nc2ccccn12)Nc1nc2cc3c(cc2s1)OCCO3. The molecule has 0 atom stereocenters. The van der Waals surface area contributed by atoms with Gasteiger partial charge in [0.05, 0.1) is 15.9 Å². The summed E-state index contributed by atoms with van der Waals surface area (Å²) in [5.74, 6) is 1.06. The van der Waals surface area contributed by atoms with Gasteiger partial charge in [-0.25, -0.2) is 9.97 Å². The van der Waals surface area contributed by atoms with Crippen molar-refractivity contribution in [2.75, 3.05) is 18.5 Å². The van der Waals surface area contributed by atoms with E-state index in [1.807, 2.05) is 40.9 Å². The van der Waals surface area contributed by atoms with E-state index < -0.39 is 0 Å². The van der Waals surface area contributed by atoms with E-state index in [2.05, 4.69) is 15.3 Å². The molecule has 1 amide bonds. The second-order valence-electron chi connectivity index (χ2n) is 6.02. The molecule has 0 bridgehead atoms. The fourth-order valence-electron chi connectivity index (χ4n) is 2.96. The van der Waals surface area contributed by atoms with Crippen LogP contribution >= 0.6 is 22.9 Å². The number of aromatic nitrogens is 3. The van der Waals surface area contributed by atoms with Gasteiger partial charge in [0.25, 0.3) is 0 Å². The number of amides is 1. The zero-order valence-corrected chi connectivity index (χ0v) is 16.0. The van der Waals surface area contributed by atoms with Gasteiger partial charge in [-0.3, -0.25) is 14.5 Å². The number of hydrogen-bond donors (Lipinski definition) is 1. The fraction of sp³-hybridized carbons (Fsp3) is 0.105. The molecular formula is C19H13ClN4O3S. The molecule has 0 aliphatic carbocycles. The van der Waals surface area contributed by atoms with Crippen LogP contribution in [0.5, 0.6) is 11.5 Å². The number of fused-ring (bicyclic) bond motifs is 3. The van der Waals surface area contributed by atoms with E-state index in [1.54, 1.807) is 6.08 Å². The van der Waals surface area contributed by atoms with Gasteiger partial charge in [-0.2, -0.15) is 0 Å². The van der Waals surface area contributed by atoms with Crippen molar-refractivity contribution in [3.05, 3.63) is 53.5 Å². The topological polar surface area (TPSA) is 77.8 Å². The highest BCUT2D eigenvalue weighted by Gasteiger charge is 2.16. The molecule has 4 aromatic rings. The molecular weight excluding hydrogens is 400 g/mol. The number of imidazole rings is 1. The van der Waals surface area contributed by atoms with E-state index in [1.165, 1.54) is 17.4 Å². The maximum absolute atomic E-state index is 12.3. The van der Waals surface area contributed by atoms with Crippen LogP contribution in [0.15, 0.2) is 42.6 Å². The summed E-state index contributed by atoms with van der Waals surface area (Å²) in [4.78, 5) is 21.0. The first-order valence-electron chi connectivity index (χ1n) is 8.49. The predicted molar refractivity (Wildman–Crippen MR) is 108 cm³/mol. The molecule has 5 rings (SSSR count). The maximum Gasteiger partial charge on any atom is 0.250 e. The highest BCUT2D eigenvalue weighted by molar-refractivity contribution is 7.22. The van der Waals surface area contributed by atoms with Crippen molar-refractivity contribution in [2.24, 2.45) is 0 Å². The molecule has 28 heavy (non-hydrogen) atoms. The molecule has 1 N–H and O–H groups in total. The lowest BCUT2D eigenvalue weighted by Gasteiger charge is -2.17. The van der Waals surface area contributed by atoms with Gasteiger partial charge in [0.2, 0.25) is 5.91 Å². The van der Waals surface area contributed by atoms with Crippen LogP contribution in [0.25, 0.3) is 21.9 Å². The van der Waals surface area contributed by atoms with Crippen molar-refractivity contribution in [1.29, 1.82) is 0 Å². The van der Waals surface area contributed by atoms with Gasteiger partial charge in [0.15, 0.2) is 21.8 Å². The largest absolute Gasteiger partial charge is 0.486 e. The van der Waals surface area contributed by atoms with Crippen LogP contribution in [-0.2, 0) is 4.79 Å². The molecule has 0 spiro atoms. The van der Waals surface area contributed by atoms with Crippen LogP contribution in [0.1, 0.15) is 5.69 Å². The number of hydrogen-bond acceptors (Lipinski definition) is 6. The monoisotopic (exact) mass is 412 g/mol. The van der Waals surface area contributed by atoms with Gasteiger partial charge < -0.3 is 9.47 Å². The molecule has 3 aromatic heterocycles. The third kappa shape index (κ3) is 3.06.